The van der Waals surface area contributed by atoms with E-state index in [1.807, 2.05) is 0 Å². The molecule has 0 atom stereocenters. The molecule has 0 bridgehead atoms. The van der Waals surface area contributed by atoms with Crippen LogP contribution in [0.2, 0.25) is 25.7 Å². The number of pyridine rings is 1. The van der Waals surface area contributed by atoms with Crippen molar-refractivity contribution in [3.05, 3.63) is 57.8 Å². The van der Waals surface area contributed by atoms with Gasteiger partial charge in [-0.05, 0) is 30.7 Å². The summed E-state index contributed by atoms with van der Waals surface area (Å²) in [6, 6.07) is 9.44. The first-order chi connectivity index (χ1) is 14.2. The number of aryl methyl sites for hydroxylation is 1. The second-order valence-corrected chi connectivity index (χ2v) is 14.1. The van der Waals surface area contributed by atoms with Gasteiger partial charge in [0, 0.05) is 37.9 Å². The molecule has 0 fully saturated rings. The van der Waals surface area contributed by atoms with E-state index in [1.54, 1.807) is 42.0 Å². The number of fused-ring (bicyclic) bond motifs is 1. The molecule has 3 rings (SSSR count). The average molecular weight is 427 g/mol. The number of nitro benzene ring substituents is 1. The molecule has 0 radical (unpaired) electrons. The smallest absolute Gasteiger partial charge is 0.292 e. The van der Waals surface area contributed by atoms with E-state index in [9.17, 15) is 14.9 Å². The van der Waals surface area contributed by atoms with Crippen LogP contribution in [0.4, 0.5) is 17.2 Å². The normalized spacial score (nSPS) is 11.6. The van der Waals surface area contributed by atoms with Crippen molar-refractivity contribution in [2.24, 2.45) is 0 Å². The first-order valence-corrected chi connectivity index (χ1v) is 13.4. The Labute approximate surface area is 176 Å². The molecule has 2 heterocycles. The Hall–Kier alpha value is -3.04. The Kier molecular flexibility index (Phi) is 6.33. The number of aldehydes is 1. The molecule has 3 aromatic rings. The summed E-state index contributed by atoms with van der Waals surface area (Å²) in [5.41, 5.74) is 2.24. The van der Waals surface area contributed by atoms with Gasteiger partial charge in [0.1, 0.15) is 23.9 Å². The number of nitro groups is 1. The van der Waals surface area contributed by atoms with E-state index >= 15 is 0 Å². The first-order valence-electron chi connectivity index (χ1n) is 9.73. The van der Waals surface area contributed by atoms with Crippen molar-refractivity contribution in [2.75, 3.05) is 11.9 Å². The van der Waals surface area contributed by atoms with Gasteiger partial charge in [-0.1, -0.05) is 31.8 Å². The monoisotopic (exact) mass is 426 g/mol. The molecule has 0 saturated heterocycles. The minimum atomic E-state index is -1.19. The fraction of sp³-hybridized carbons (Fsp3) is 0.333. The maximum atomic E-state index is 11.5. The number of anilines is 2. The van der Waals surface area contributed by atoms with Crippen LogP contribution in [0.3, 0.4) is 0 Å². The lowest BCUT2D eigenvalue weighted by Gasteiger charge is -2.15. The van der Waals surface area contributed by atoms with Crippen LogP contribution in [0.15, 0.2) is 36.5 Å². The summed E-state index contributed by atoms with van der Waals surface area (Å²) < 4.78 is 7.61. The minimum absolute atomic E-state index is 0.0180. The molecule has 0 spiro atoms. The van der Waals surface area contributed by atoms with Crippen molar-refractivity contribution in [1.29, 1.82) is 0 Å². The Bertz CT molecular complexity index is 1090. The number of carbonyl (C=O) groups is 1. The molecule has 0 aliphatic carbocycles. The zero-order chi connectivity index (χ0) is 21.9. The average Bonchev–Trinajstić information content (AvgIpc) is 3.03. The number of hydrogen-bond acceptors (Lipinski definition) is 6. The highest BCUT2D eigenvalue weighted by Crippen LogP contribution is 2.31. The molecule has 9 heteroatoms. The maximum Gasteiger partial charge on any atom is 0.292 e. The molecule has 0 amide bonds. The number of carbonyl (C=O) groups excluding carboxylic acids is 1. The highest BCUT2D eigenvalue weighted by Gasteiger charge is 2.17. The van der Waals surface area contributed by atoms with E-state index < -0.39 is 13.0 Å². The third kappa shape index (κ3) is 4.92. The van der Waals surface area contributed by atoms with Gasteiger partial charge in [-0.25, -0.2) is 4.98 Å². The topological polar surface area (TPSA) is 99.3 Å². The molecule has 0 saturated carbocycles. The van der Waals surface area contributed by atoms with Crippen molar-refractivity contribution < 1.29 is 14.5 Å². The van der Waals surface area contributed by atoms with Gasteiger partial charge in [0.15, 0.2) is 6.29 Å². The van der Waals surface area contributed by atoms with E-state index in [2.05, 4.69) is 29.9 Å². The van der Waals surface area contributed by atoms with Crippen LogP contribution in [0.5, 0.6) is 0 Å². The van der Waals surface area contributed by atoms with E-state index in [1.165, 1.54) is 6.07 Å². The third-order valence-corrected chi connectivity index (χ3v) is 6.51. The zero-order valence-corrected chi connectivity index (χ0v) is 18.6. The number of benzene rings is 1. The van der Waals surface area contributed by atoms with Crippen LogP contribution in [-0.4, -0.2) is 35.4 Å². The van der Waals surface area contributed by atoms with E-state index in [0.717, 1.165) is 17.9 Å². The fourth-order valence-corrected chi connectivity index (χ4v) is 3.85. The number of nitrogens with one attached hydrogen (secondary N) is 1. The van der Waals surface area contributed by atoms with Crippen LogP contribution in [0, 0.1) is 17.0 Å². The van der Waals surface area contributed by atoms with Crippen LogP contribution in [0.25, 0.3) is 11.0 Å². The standard InChI is InChI=1S/C21H26N4O4Si/c1-15-6-5-7-18(25(27)28)20(15)22-19-9-8-17-16(13-26)12-24(21(17)23-19)14-29-10-11-30(2,3)4/h5-9,12-13H,10-11,14H2,1-4H3,(H,22,23). The lowest BCUT2D eigenvalue weighted by Crippen LogP contribution is -2.22. The Morgan fingerprint density at radius 3 is 2.70 bits per heavy atom. The number of nitrogens with zero attached hydrogens (tertiary/aromatic N) is 3. The van der Waals surface area contributed by atoms with Gasteiger partial charge in [-0.15, -0.1) is 0 Å². The molecule has 8 nitrogen and oxygen atoms in total. The van der Waals surface area contributed by atoms with Gasteiger partial charge in [0.2, 0.25) is 0 Å². The lowest BCUT2D eigenvalue weighted by atomic mass is 10.1. The second kappa shape index (κ2) is 8.76. The van der Waals surface area contributed by atoms with E-state index in [-0.39, 0.29) is 12.4 Å². The molecule has 30 heavy (non-hydrogen) atoms. The highest BCUT2D eigenvalue weighted by molar-refractivity contribution is 6.76. The van der Waals surface area contributed by atoms with Gasteiger partial charge >= 0.3 is 0 Å². The third-order valence-electron chi connectivity index (χ3n) is 4.81. The molecule has 2 aromatic heterocycles. The predicted octanol–water partition coefficient (Wildman–Crippen LogP) is 5.12. The van der Waals surface area contributed by atoms with Crippen molar-refractivity contribution in [3.63, 3.8) is 0 Å². The fourth-order valence-electron chi connectivity index (χ4n) is 3.09. The van der Waals surface area contributed by atoms with Crippen molar-refractivity contribution in [1.82, 2.24) is 9.55 Å². The first kappa shape index (κ1) is 21.7. The summed E-state index contributed by atoms with van der Waals surface area (Å²) >= 11 is 0. The quantitative estimate of drug-likeness (QED) is 0.168. The molecule has 1 aromatic carbocycles. The Balaban J connectivity index is 1.90. The second-order valence-electron chi connectivity index (χ2n) is 8.44. The lowest BCUT2D eigenvalue weighted by molar-refractivity contribution is -0.384. The molecule has 0 aliphatic heterocycles. The van der Waals surface area contributed by atoms with Gasteiger partial charge in [0.05, 0.1) is 4.92 Å². The zero-order valence-electron chi connectivity index (χ0n) is 17.6. The van der Waals surface area contributed by atoms with Gasteiger partial charge in [-0.3, -0.25) is 14.9 Å². The van der Waals surface area contributed by atoms with Crippen LogP contribution >= 0.6 is 0 Å². The van der Waals surface area contributed by atoms with Gasteiger partial charge in [-0.2, -0.15) is 0 Å². The largest absolute Gasteiger partial charge is 0.361 e. The highest BCUT2D eigenvalue weighted by atomic mass is 28.3. The van der Waals surface area contributed by atoms with Crippen molar-refractivity contribution in [2.45, 2.75) is 39.3 Å². The summed E-state index contributed by atoms with van der Waals surface area (Å²) in [4.78, 5) is 27.0. The number of hydrogen-bond donors (Lipinski definition) is 1. The summed E-state index contributed by atoms with van der Waals surface area (Å²) in [7, 11) is -1.19. The number of rotatable bonds is 9. The van der Waals surface area contributed by atoms with Crippen LogP contribution in [0.1, 0.15) is 15.9 Å². The van der Waals surface area contributed by atoms with Crippen LogP contribution < -0.4 is 5.32 Å². The molecular weight excluding hydrogens is 400 g/mol. The number of aromatic nitrogens is 2. The molecule has 0 unspecified atom stereocenters. The summed E-state index contributed by atoms with van der Waals surface area (Å²) in [5, 5.41) is 15.2. The van der Waals surface area contributed by atoms with Gasteiger partial charge < -0.3 is 14.6 Å². The Morgan fingerprint density at radius 2 is 2.03 bits per heavy atom. The molecule has 158 valence electrons. The SMILES string of the molecule is Cc1cccc([N+](=O)[O-])c1Nc1ccc2c(C=O)cn(COCC[Si](C)(C)C)c2n1. The number of ether oxygens (including phenoxy) is 1. The van der Waals surface area contributed by atoms with E-state index in [0.29, 0.717) is 34.7 Å². The number of para-hydroxylation sites is 1. The van der Waals surface area contributed by atoms with Crippen molar-refractivity contribution >= 4 is 42.6 Å². The van der Waals surface area contributed by atoms with Crippen LogP contribution in [-0.2, 0) is 11.5 Å². The molecule has 1 N–H and O–H groups in total. The predicted molar refractivity (Wildman–Crippen MR) is 120 cm³/mol. The summed E-state index contributed by atoms with van der Waals surface area (Å²) in [6.07, 6.45) is 2.51. The Morgan fingerprint density at radius 1 is 1.27 bits per heavy atom. The van der Waals surface area contributed by atoms with Crippen molar-refractivity contribution in [3.8, 4) is 0 Å². The summed E-state index contributed by atoms with van der Waals surface area (Å²) in [5.74, 6) is 0.457. The van der Waals surface area contributed by atoms with E-state index in [4.69, 9.17) is 4.74 Å². The minimum Gasteiger partial charge on any atom is -0.361 e. The maximum absolute atomic E-state index is 11.5. The summed E-state index contributed by atoms with van der Waals surface area (Å²) in [6.45, 7) is 9.60. The molecular formula is C21H26N4O4Si. The molecule has 0 aliphatic rings. The van der Waals surface area contributed by atoms with Gasteiger partial charge in [0.25, 0.3) is 5.69 Å².